The topological polar surface area (TPSA) is 0 Å². The molecule has 0 saturated carbocycles. The maximum absolute atomic E-state index is 3.91. The third-order valence-corrected chi connectivity index (χ3v) is 9.43. The van der Waals surface area contributed by atoms with Crippen molar-refractivity contribution in [3.05, 3.63) is 109 Å². The lowest BCUT2D eigenvalue weighted by atomic mass is 10.4. The molecule has 0 aliphatic rings. The zero-order chi connectivity index (χ0) is 16.7. The summed E-state index contributed by atoms with van der Waals surface area (Å²) in [4.78, 5) is 0. The van der Waals surface area contributed by atoms with Gasteiger partial charge in [-0.2, -0.15) is 0 Å². The molecule has 0 nitrogen and oxygen atoms in total. The van der Waals surface area contributed by atoms with Crippen molar-refractivity contribution in [1.82, 2.24) is 0 Å². The summed E-state index contributed by atoms with van der Waals surface area (Å²) < 4.78 is 0. The first-order chi connectivity index (χ1) is 11.2. The molecule has 0 bridgehead atoms. The number of hydrogen-bond acceptors (Lipinski definition) is 0. The number of hydrogen-bond donors (Lipinski definition) is 0. The van der Waals surface area contributed by atoms with Crippen LogP contribution in [0, 0.1) is 0 Å². The van der Waals surface area contributed by atoms with Gasteiger partial charge in [-0.1, -0.05) is 109 Å². The number of rotatable bonds is 6. The Balaban J connectivity index is 2.90. The molecule has 0 radical (unpaired) electrons. The Morgan fingerprint density at radius 3 is 1.35 bits per heavy atom. The Labute approximate surface area is 141 Å². The molecule has 2 aromatic rings. The van der Waals surface area contributed by atoms with Gasteiger partial charge in [-0.3, -0.25) is 0 Å². The molecule has 23 heavy (non-hydrogen) atoms. The first-order valence-electron chi connectivity index (χ1n) is 7.88. The Morgan fingerprint density at radius 1 is 0.696 bits per heavy atom. The summed E-state index contributed by atoms with van der Waals surface area (Å²) in [7, 11) is -2.22. The highest BCUT2D eigenvalue weighted by atomic mass is 28.3. The van der Waals surface area contributed by atoms with Gasteiger partial charge in [0.25, 0.3) is 0 Å². The molecule has 0 heterocycles. The van der Waals surface area contributed by atoms with Crippen LogP contribution in [0.2, 0.25) is 0 Å². The van der Waals surface area contributed by atoms with Gasteiger partial charge in [-0.25, -0.2) is 0 Å². The summed E-state index contributed by atoms with van der Waals surface area (Å²) in [5.74, 6) is 0. The molecule has 0 saturated heterocycles. The molecule has 0 aliphatic carbocycles. The molecule has 2 aromatic carbocycles. The van der Waals surface area contributed by atoms with Crippen LogP contribution in [0.3, 0.4) is 0 Å². The van der Waals surface area contributed by atoms with E-state index in [0.717, 1.165) is 0 Å². The summed E-state index contributed by atoms with van der Waals surface area (Å²) >= 11 is 0. The van der Waals surface area contributed by atoms with E-state index in [4.69, 9.17) is 0 Å². The fraction of sp³-hybridized carbons (Fsp3) is 0.0909. The Hall–Kier alpha value is -2.38. The molecule has 0 aromatic heterocycles. The molecule has 0 spiro atoms. The van der Waals surface area contributed by atoms with Crippen LogP contribution in [0.5, 0.6) is 0 Å². The maximum Gasteiger partial charge on any atom is 0.171 e. The SMILES string of the molecule is C=C/C=C(\C)[Si](/C(C)=C/C=C)(c1ccccc1)c1ccccc1. The summed E-state index contributed by atoms with van der Waals surface area (Å²) in [5, 5.41) is 5.52. The van der Waals surface area contributed by atoms with Crippen molar-refractivity contribution >= 4 is 18.4 Å². The average Bonchev–Trinajstić information content (AvgIpc) is 2.58. The average molecular weight is 317 g/mol. The van der Waals surface area contributed by atoms with Gasteiger partial charge in [-0.05, 0) is 24.2 Å². The van der Waals surface area contributed by atoms with Crippen molar-refractivity contribution in [2.24, 2.45) is 0 Å². The largest absolute Gasteiger partial charge is 0.171 e. The van der Waals surface area contributed by atoms with Crippen LogP contribution in [-0.2, 0) is 0 Å². The Bertz CT molecular complexity index is 656. The van der Waals surface area contributed by atoms with Gasteiger partial charge in [0.05, 0.1) is 0 Å². The lowest BCUT2D eigenvalue weighted by Crippen LogP contribution is -2.61. The van der Waals surface area contributed by atoms with E-state index in [9.17, 15) is 0 Å². The number of benzene rings is 2. The van der Waals surface area contributed by atoms with E-state index in [1.807, 2.05) is 12.2 Å². The van der Waals surface area contributed by atoms with Crippen LogP contribution in [0.1, 0.15) is 13.8 Å². The lowest BCUT2D eigenvalue weighted by molar-refractivity contribution is 1.50. The predicted octanol–water partition coefficient (Wildman–Crippen LogP) is 4.59. The molecule has 1 heteroatoms. The molecule has 0 N–H and O–H groups in total. The summed E-state index contributed by atoms with van der Waals surface area (Å²) in [6.45, 7) is 12.3. The molecule has 0 fully saturated rings. The Morgan fingerprint density at radius 2 is 1.04 bits per heavy atom. The van der Waals surface area contributed by atoms with E-state index in [0.29, 0.717) is 0 Å². The second-order valence-electron chi connectivity index (χ2n) is 5.65. The third kappa shape index (κ3) is 3.20. The zero-order valence-electron chi connectivity index (χ0n) is 14.0. The summed E-state index contributed by atoms with van der Waals surface area (Å²) in [5.41, 5.74) is 0. The summed E-state index contributed by atoms with van der Waals surface area (Å²) in [6, 6.07) is 21.7. The van der Waals surface area contributed by atoms with Gasteiger partial charge in [0.15, 0.2) is 8.07 Å². The smallest absolute Gasteiger partial charge is 0.0991 e. The van der Waals surface area contributed by atoms with Crippen molar-refractivity contribution < 1.29 is 0 Å². The first kappa shape index (κ1) is 17.0. The molecule has 0 atom stereocenters. The van der Waals surface area contributed by atoms with Crippen LogP contribution in [0.15, 0.2) is 109 Å². The molecule has 0 aliphatic heterocycles. The van der Waals surface area contributed by atoms with Gasteiger partial charge < -0.3 is 0 Å². The normalized spacial score (nSPS) is 12.8. The Kier molecular flexibility index (Phi) is 5.72. The molecular weight excluding hydrogens is 292 g/mol. The van der Waals surface area contributed by atoms with E-state index < -0.39 is 8.07 Å². The second-order valence-corrected chi connectivity index (χ2v) is 9.88. The van der Waals surface area contributed by atoms with Crippen molar-refractivity contribution in [3.63, 3.8) is 0 Å². The van der Waals surface area contributed by atoms with E-state index in [2.05, 4.69) is 99.8 Å². The van der Waals surface area contributed by atoms with E-state index in [-0.39, 0.29) is 0 Å². The van der Waals surface area contributed by atoms with Crippen LogP contribution < -0.4 is 10.4 Å². The minimum absolute atomic E-state index is 1.38. The molecule has 0 unspecified atom stereocenters. The molecule has 0 amide bonds. The molecule has 116 valence electrons. The zero-order valence-corrected chi connectivity index (χ0v) is 15.0. The lowest BCUT2D eigenvalue weighted by Gasteiger charge is -2.35. The van der Waals surface area contributed by atoms with E-state index >= 15 is 0 Å². The monoisotopic (exact) mass is 316 g/mol. The quantitative estimate of drug-likeness (QED) is 0.540. The second kappa shape index (κ2) is 7.75. The van der Waals surface area contributed by atoms with Gasteiger partial charge in [0, 0.05) is 0 Å². The predicted molar refractivity (Wildman–Crippen MR) is 106 cm³/mol. The van der Waals surface area contributed by atoms with Gasteiger partial charge >= 0.3 is 0 Å². The van der Waals surface area contributed by atoms with Crippen LogP contribution in [0.4, 0.5) is 0 Å². The fourth-order valence-corrected chi connectivity index (χ4v) is 8.27. The van der Waals surface area contributed by atoms with Crippen LogP contribution in [-0.4, -0.2) is 8.07 Å². The van der Waals surface area contributed by atoms with Gasteiger partial charge in [0.2, 0.25) is 0 Å². The maximum atomic E-state index is 3.91. The van der Waals surface area contributed by atoms with E-state index in [1.54, 1.807) is 0 Å². The molecular formula is C22H24Si. The summed E-state index contributed by atoms with van der Waals surface area (Å²) in [6.07, 6.45) is 8.10. The highest BCUT2D eigenvalue weighted by Gasteiger charge is 2.40. The highest BCUT2D eigenvalue weighted by Crippen LogP contribution is 2.24. The highest BCUT2D eigenvalue weighted by molar-refractivity contribution is 7.12. The number of allylic oxidation sites excluding steroid dienone is 6. The van der Waals surface area contributed by atoms with E-state index in [1.165, 1.54) is 20.8 Å². The van der Waals surface area contributed by atoms with Crippen LogP contribution >= 0.6 is 0 Å². The van der Waals surface area contributed by atoms with Gasteiger partial charge in [-0.15, -0.1) is 0 Å². The van der Waals surface area contributed by atoms with Crippen molar-refractivity contribution in [2.45, 2.75) is 13.8 Å². The van der Waals surface area contributed by atoms with Crippen molar-refractivity contribution in [2.75, 3.05) is 0 Å². The van der Waals surface area contributed by atoms with Crippen LogP contribution in [0.25, 0.3) is 0 Å². The minimum Gasteiger partial charge on any atom is -0.0991 e. The third-order valence-electron chi connectivity index (χ3n) is 4.33. The first-order valence-corrected chi connectivity index (χ1v) is 9.88. The minimum atomic E-state index is -2.22. The fourth-order valence-electron chi connectivity index (χ4n) is 3.37. The van der Waals surface area contributed by atoms with Crippen molar-refractivity contribution in [1.29, 1.82) is 0 Å². The standard InChI is InChI=1S/C22H24Si/c1-5-13-19(3)23(20(4)14-6-2,21-15-9-7-10-16-21)22-17-11-8-12-18-22/h5-18H,1-2H2,3-4H3/b19-13+,20-14+. The van der Waals surface area contributed by atoms with Crippen molar-refractivity contribution in [3.8, 4) is 0 Å². The van der Waals surface area contributed by atoms with Gasteiger partial charge in [0.1, 0.15) is 0 Å². The molecule has 2 rings (SSSR count).